The van der Waals surface area contributed by atoms with Crippen LogP contribution in [0.3, 0.4) is 0 Å². The van der Waals surface area contributed by atoms with E-state index in [0.29, 0.717) is 17.8 Å². The van der Waals surface area contributed by atoms with Gasteiger partial charge in [0.15, 0.2) is 5.76 Å². The highest BCUT2D eigenvalue weighted by Gasteiger charge is 2.30. The van der Waals surface area contributed by atoms with Crippen molar-refractivity contribution in [2.75, 3.05) is 18.4 Å². The molecule has 1 aliphatic rings. The Morgan fingerprint density at radius 1 is 0.944 bits per heavy atom. The third-order valence-corrected chi connectivity index (χ3v) is 6.93. The van der Waals surface area contributed by atoms with Crippen LogP contribution in [0.25, 0.3) is 11.0 Å². The van der Waals surface area contributed by atoms with Crippen LogP contribution >= 0.6 is 0 Å². The van der Waals surface area contributed by atoms with Crippen LogP contribution in [0.2, 0.25) is 0 Å². The Kier molecular flexibility index (Phi) is 6.61. The number of nitrogens with zero attached hydrogens (tertiary/aromatic N) is 1. The van der Waals surface area contributed by atoms with Gasteiger partial charge in [-0.1, -0.05) is 54.6 Å². The zero-order chi connectivity index (χ0) is 25.1. The van der Waals surface area contributed by atoms with E-state index in [4.69, 9.17) is 4.42 Å². The number of amides is 2. The SMILES string of the molecule is CC(C)(CNC(=O)Cc1ccc(NC(=O)c2cc3ccccc3o2)cc1)N1CCc2ccccc2C1. The van der Waals surface area contributed by atoms with Crippen molar-refractivity contribution in [2.24, 2.45) is 0 Å². The molecular formula is C30H31N3O3. The van der Waals surface area contributed by atoms with Crippen molar-refractivity contribution in [3.8, 4) is 0 Å². The fourth-order valence-corrected chi connectivity index (χ4v) is 4.68. The van der Waals surface area contributed by atoms with E-state index in [1.54, 1.807) is 18.2 Å². The molecule has 1 aromatic heterocycles. The van der Waals surface area contributed by atoms with Gasteiger partial charge in [-0.3, -0.25) is 14.5 Å². The van der Waals surface area contributed by atoms with Crippen molar-refractivity contribution < 1.29 is 14.0 Å². The summed E-state index contributed by atoms with van der Waals surface area (Å²) in [6.45, 7) is 6.84. The topological polar surface area (TPSA) is 74.6 Å². The summed E-state index contributed by atoms with van der Waals surface area (Å²) in [5.41, 5.74) is 4.86. The maximum absolute atomic E-state index is 12.7. The van der Waals surface area contributed by atoms with Gasteiger partial charge in [-0.15, -0.1) is 0 Å². The quantitative estimate of drug-likeness (QED) is 0.381. The average Bonchev–Trinajstić information content (AvgIpc) is 3.33. The number of carbonyl (C=O) groups excluding carboxylic acids is 2. The van der Waals surface area contributed by atoms with E-state index in [0.717, 1.165) is 30.5 Å². The van der Waals surface area contributed by atoms with Gasteiger partial charge in [0.05, 0.1) is 6.42 Å². The Balaban J connectivity index is 1.12. The van der Waals surface area contributed by atoms with Gasteiger partial charge in [0.25, 0.3) is 5.91 Å². The smallest absolute Gasteiger partial charge is 0.291 e. The summed E-state index contributed by atoms with van der Waals surface area (Å²) in [4.78, 5) is 27.7. The third kappa shape index (κ3) is 5.34. The third-order valence-electron chi connectivity index (χ3n) is 6.93. The van der Waals surface area contributed by atoms with Crippen molar-refractivity contribution in [1.29, 1.82) is 0 Å². The molecule has 0 radical (unpaired) electrons. The number of hydrogen-bond donors (Lipinski definition) is 2. The van der Waals surface area contributed by atoms with Crippen molar-refractivity contribution in [3.05, 3.63) is 101 Å². The second kappa shape index (κ2) is 9.99. The highest BCUT2D eigenvalue weighted by Crippen LogP contribution is 2.25. The van der Waals surface area contributed by atoms with Crippen LogP contribution < -0.4 is 10.6 Å². The Morgan fingerprint density at radius 2 is 1.67 bits per heavy atom. The van der Waals surface area contributed by atoms with Gasteiger partial charge in [-0.25, -0.2) is 0 Å². The molecule has 4 aromatic rings. The van der Waals surface area contributed by atoms with Crippen LogP contribution in [0, 0.1) is 0 Å². The lowest BCUT2D eigenvalue weighted by atomic mass is 9.94. The summed E-state index contributed by atoms with van der Waals surface area (Å²) >= 11 is 0. The molecule has 36 heavy (non-hydrogen) atoms. The van der Waals surface area contributed by atoms with E-state index >= 15 is 0 Å². The summed E-state index contributed by atoms with van der Waals surface area (Å²) < 4.78 is 5.63. The lowest BCUT2D eigenvalue weighted by molar-refractivity contribution is -0.121. The van der Waals surface area contributed by atoms with Gasteiger partial charge in [0.2, 0.25) is 5.91 Å². The van der Waals surface area contributed by atoms with E-state index in [-0.39, 0.29) is 29.5 Å². The minimum absolute atomic E-state index is 0.0143. The maximum atomic E-state index is 12.7. The van der Waals surface area contributed by atoms with Crippen LogP contribution in [-0.4, -0.2) is 35.3 Å². The molecule has 6 heteroatoms. The molecule has 0 saturated carbocycles. The fraction of sp³-hybridized carbons (Fsp3) is 0.267. The zero-order valence-corrected chi connectivity index (χ0v) is 20.7. The second-order valence-electron chi connectivity index (χ2n) is 10.0. The summed E-state index contributed by atoms with van der Waals surface area (Å²) in [7, 11) is 0. The molecule has 0 atom stereocenters. The molecule has 0 bridgehead atoms. The molecule has 2 heterocycles. The van der Waals surface area contributed by atoms with Crippen LogP contribution in [-0.2, 0) is 24.2 Å². The minimum atomic E-state index is -0.306. The molecule has 3 aromatic carbocycles. The van der Waals surface area contributed by atoms with Gasteiger partial charge in [0.1, 0.15) is 5.58 Å². The highest BCUT2D eigenvalue weighted by molar-refractivity contribution is 6.04. The van der Waals surface area contributed by atoms with Crippen LogP contribution in [0.1, 0.15) is 41.1 Å². The summed E-state index contributed by atoms with van der Waals surface area (Å²) in [5.74, 6) is -0.0572. The maximum Gasteiger partial charge on any atom is 0.291 e. The van der Waals surface area contributed by atoms with E-state index in [9.17, 15) is 9.59 Å². The normalized spacial score (nSPS) is 13.8. The van der Waals surface area contributed by atoms with Crippen molar-refractivity contribution in [1.82, 2.24) is 10.2 Å². The van der Waals surface area contributed by atoms with Crippen LogP contribution in [0.15, 0.2) is 83.3 Å². The predicted octanol–water partition coefficient (Wildman–Crippen LogP) is 5.18. The van der Waals surface area contributed by atoms with E-state index in [1.807, 2.05) is 36.4 Å². The molecule has 0 aliphatic carbocycles. The lowest BCUT2D eigenvalue weighted by Gasteiger charge is -2.41. The first kappa shape index (κ1) is 23.8. The molecule has 2 N–H and O–H groups in total. The molecule has 0 unspecified atom stereocenters. The number of rotatable bonds is 7. The molecule has 184 valence electrons. The molecule has 1 aliphatic heterocycles. The summed E-state index contributed by atoms with van der Waals surface area (Å²) in [6, 6.07) is 25.2. The Morgan fingerprint density at radius 3 is 2.44 bits per heavy atom. The molecule has 0 fully saturated rings. The summed E-state index contributed by atoms with van der Waals surface area (Å²) in [6.07, 6.45) is 1.32. The Bertz CT molecular complexity index is 1360. The van der Waals surface area contributed by atoms with Crippen molar-refractivity contribution in [3.63, 3.8) is 0 Å². The number of benzene rings is 3. The number of hydrogen-bond acceptors (Lipinski definition) is 4. The van der Waals surface area contributed by atoms with Gasteiger partial charge in [-0.05, 0) is 61.2 Å². The minimum Gasteiger partial charge on any atom is -0.451 e. The monoisotopic (exact) mass is 481 g/mol. The average molecular weight is 482 g/mol. The first-order chi connectivity index (χ1) is 17.4. The van der Waals surface area contributed by atoms with Gasteiger partial charge in [0, 0.05) is 36.2 Å². The number of carbonyl (C=O) groups is 2. The predicted molar refractivity (Wildman–Crippen MR) is 142 cm³/mol. The molecular weight excluding hydrogens is 450 g/mol. The lowest BCUT2D eigenvalue weighted by Crippen LogP contribution is -2.53. The Hall–Kier alpha value is -3.90. The van der Waals surface area contributed by atoms with Gasteiger partial charge < -0.3 is 15.1 Å². The largest absolute Gasteiger partial charge is 0.451 e. The number of nitrogens with one attached hydrogen (secondary N) is 2. The van der Waals surface area contributed by atoms with E-state index in [1.165, 1.54) is 11.1 Å². The molecule has 2 amide bonds. The Labute approximate surface area is 211 Å². The fourth-order valence-electron chi connectivity index (χ4n) is 4.68. The van der Waals surface area contributed by atoms with Gasteiger partial charge in [-0.2, -0.15) is 0 Å². The van der Waals surface area contributed by atoms with Crippen LogP contribution in [0.5, 0.6) is 0 Å². The number of para-hydroxylation sites is 1. The van der Waals surface area contributed by atoms with Crippen molar-refractivity contribution >= 4 is 28.5 Å². The molecule has 0 saturated heterocycles. The molecule has 5 rings (SSSR count). The summed E-state index contributed by atoms with van der Waals surface area (Å²) in [5, 5.41) is 6.85. The molecule has 0 spiro atoms. The molecule has 6 nitrogen and oxygen atoms in total. The van der Waals surface area contributed by atoms with E-state index < -0.39 is 0 Å². The van der Waals surface area contributed by atoms with Crippen molar-refractivity contribution in [2.45, 2.75) is 38.8 Å². The van der Waals surface area contributed by atoms with Gasteiger partial charge >= 0.3 is 0 Å². The number of fused-ring (bicyclic) bond motifs is 2. The van der Waals surface area contributed by atoms with E-state index in [2.05, 4.69) is 53.6 Å². The first-order valence-electron chi connectivity index (χ1n) is 12.3. The number of anilines is 1. The zero-order valence-electron chi connectivity index (χ0n) is 20.7. The van der Waals surface area contributed by atoms with Crippen LogP contribution in [0.4, 0.5) is 5.69 Å². The first-order valence-corrected chi connectivity index (χ1v) is 12.3. The number of furan rings is 1. The standard InChI is InChI=1S/C30H31N3O3/c1-30(2,33-16-15-22-7-3-4-9-24(22)19-33)20-31-28(34)17-21-11-13-25(14-12-21)32-29(35)27-18-23-8-5-6-10-26(23)36-27/h3-14,18H,15-17,19-20H2,1-2H3,(H,31,34)(H,32,35). The highest BCUT2D eigenvalue weighted by atomic mass is 16.3. The second-order valence-corrected chi connectivity index (χ2v) is 10.0.